The van der Waals surface area contributed by atoms with E-state index >= 15 is 0 Å². The van der Waals surface area contributed by atoms with Crippen LogP contribution in [0.5, 0.6) is 0 Å². The van der Waals surface area contributed by atoms with Gasteiger partial charge in [-0.2, -0.15) is 15.2 Å². The van der Waals surface area contributed by atoms with Crippen molar-refractivity contribution in [2.75, 3.05) is 0 Å². The molecule has 12 heteroatoms. The van der Waals surface area contributed by atoms with E-state index in [2.05, 4.69) is 35.7 Å². The minimum atomic E-state index is -1.12. The van der Waals surface area contributed by atoms with Gasteiger partial charge in [-0.25, -0.2) is 13.8 Å². The largest absolute Gasteiger partial charge is 0.356 e. The summed E-state index contributed by atoms with van der Waals surface area (Å²) in [6.07, 6.45) is 4.08. The van der Waals surface area contributed by atoms with Crippen molar-refractivity contribution in [1.29, 1.82) is 0 Å². The second kappa shape index (κ2) is 8.15. The zero-order valence-corrected chi connectivity index (χ0v) is 20.3. The van der Waals surface area contributed by atoms with E-state index in [4.69, 9.17) is 9.51 Å². The summed E-state index contributed by atoms with van der Waals surface area (Å²) in [5, 5.41) is 20.6. The third-order valence-corrected chi connectivity index (χ3v) is 6.98. The Hall–Kier alpha value is -4.71. The fourth-order valence-corrected chi connectivity index (χ4v) is 5.26. The van der Waals surface area contributed by atoms with Crippen molar-refractivity contribution in [3.63, 3.8) is 0 Å². The Kier molecular flexibility index (Phi) is 4.82. The van der Waals surface area contributed by atoms with Crippen LogP contribution in [0.4, 0.5) is 8.78 Å². The number of aryl methyl sites for hydroxylation is 2. The fraction of sp³-hybridized carbons (Fsp3) is 0.192. The standard InChI is InChI=1S/C26H21F2N9O/c1-13-30-25(36-38-13)26(15-11-29-37(2)12-15)22-19(18-9-17(28)7-8-20(18)31-22)10-21(33-26)24-32-23(34-35-24)14-3-5-16(27)6-4-14/h3-9,11-12,21,31,33H,10H2,1-2H3,(H,32,34,35)/t21-,26+/m0/s1. The summed E-state index contributed by atoms with van der Waals surface area (Å²) in [6.45, 7) is 1.72. The van der Waals surface area contributed by atoms with E-state index in [-0.39, 0.29) is 11.6 Å². The van der Waals surface area contributed by atoms with Crippen molar-refractivity contribution in [3.8, 4) is 11.4 Å². The van der Waals surface area contributed by atoms with Gasteiger partial charge in [0.15, 0.2) is 11.4 Å². The molecule has 0 aliphatic carbocycles. The Morgan fingerprint density at radius 1 is 1.08 bits per heavy atom. The number of aromatic amines is 2. The monoisotopic (exact) mass is 513 g/mol. The first-order chi connectivity index (χ1) is 18.4. The van der Waals surface area contributed by atoms with Crippen molar-refractivity contribution in [2.24, 2.45) is 7.05 Å². The van der Waals surface area contributed by atoms with Crippen LogP contribution in [0.15, 0.2) is 59.4 Å². The first-order valence-corrected chi connectivity index (χ1v) is 12.0. The molecule has 7 rings (SSSR count). The molecule has 10 nitrogen and oxygen atoms in total. The second-order valence-corrected chi connectivity index (χ2v) is 9.41. The highest BCUT2D eigenvalue weighted by Crippen LogP contribution is 2.45. The summed E-state index contributed by atoms with van der Waals surface area (Å²) < 4.78 is 35.0. The maximum atomic E-state index is 14.4. The van der Waals surface area contributed by atoms with Gasteiger partial charge in [0.05, 0.1) is 17.9 Å². The van der Waals surface area contributed by atoms with Crippen LogP contribution in [0, 0.1) is 18.6 Å². The predicted molar refractivity (Wildman–Crippen MR) is 132 cm³/mol. The number of fused-ring (bicyclic) bond motifs is 3. The van der Waals surface area contributed by atoms with Crippen molar-refractivity contribution in [1.82, 2.24) is 45.4 Å². The number of rotatable bonds is 4. The topological polar surface area (TPSA) is 126 Å². The lowest BCUT2D eigenvalue weighted by molar-refractivity contribution is 0.317. The Labute approximate surface area is 214 Å². The molecule has 0 amide bonds. The highest BCUT2D eigenvalue weighted by molar-refractivity contribution is 5.86. The molecule has 1 aliphatic heterocycles. The quantitative estimate of drug-likeness (QED) is 0.327. The number of benzene rings is 2. The first kappa shape index (κ1) is 22.5. The number of nitrogens with one attached hydrogen (secondary N) is 3. The van der Waals surface area contributed by atoms with E-state index in [1.165, 1.54) is 24.3 Å². The van der Waals surface area contributed by atoms with Gasteiger partial charge in [-0.3, -0.25) is 15.1 Å². The molecule has 5 heterocycles. The predicted octanol–water partition coefficient (Wildman–Crippen LogP) is 3.84. The van der Waals surface area contributed by atoms with Gasteiger partial charge >= 0.3 is 0 Å². The van der Waals surface area contributed by atoms with Crippen molar-refractivity contribution < 1.29 is 13.3 Å². The lowest BCUT2D eigenvalue weighted by atomic mass is 9.79. The molecule has 0 spiro atoms. The summed E-state index contributed by atoms with van der Waals surface area (Å²) in [6, 6.07) is 10.2. The van der Waals surface area contributed by atoms with Crippen LogP contribution >= 0.6 is 0 Å². The summed E-state index contributed by atoms with van der Waals surface area (Å²) in [4.78, 5) is 12.8. The molecule has 0 fully saturated rings. The number of aromatic nitrogens is 8. The van der Waals surface area contributed by atoms with Crippen LogP contribution in [0.1, 0.15) is 40.4 Å². The number of nitrogens with zero attached hydrogens (tertiary/aromatic N) is 6. The maximum absolute atomic E-state index is 14.4. The molecule has 0 saturated carbocycles. The van der Waals surface area contributed by atoms with Crippen LogP contribution in [-0.4, -0.2) is 40.1 Å². The average Bonchev–Trinajstić information content (AvgIpc) is 3.71. The summed E-state index contributed by atoms with van der Waals surface area (Å²) in [5.41, 5.74) is 2.74. The molecular formula is C26H21F2N9O. The Morgan fingerprint density at radius 3 is 2.63 bits per heavy atom. The van der Waals surface area contributed by atoms with Gasteiger partial charge in [-0.1, -0.05) is 5.16 Å². The molecule has 6 aromatic rings. The molecule has 190 valence electrons. The second-order valence-electron chi connectivity index (χ2n) is 9.41. The van der Waals surface area contributed by atoms with E-state index in [0.717, 1.165) is 27.7 Å². The molecular weight excluding hydrogens is 492 g/mol. The molecule has 0 unspecified atom stereocenters. The lowest BCUT2D eigenvalue weighted by Gasteiger charge is -2.39. The van der Waals surface area contributed by atoms with Crippen LogP contribution in [0.2, 0.25) is 0 Å². The Balaban J connectivity index is 1.45. The van der Waals surface area contributed by atoms with E-state index in [1.54, 1.807) is 36.0 Å². The third kappa shape index (κ3) is 3.37. The van der Waals surface area contributed by atoms with E-state index in [9.17, 15) is 8.78 Å². The molecule has 2 atom stereocenters. The number of hydrogen-bond acceptors (Lipinski definition) is 7. The zero-order chi connectivity index (χ0) is 26.0. The molecule has 1 aliphatic rings. The lowest BCUT2D eigenvalue weighted by Crippen LogP contribution is -2.51. The minimum absolute atomic E-state index is 0.338. The fourth-order valence-electron chi connectivity index (χ4n) is 5.26. The summed E-state index contributed by atoms with van der Waals surface area (Å²) in [5.74, 6) is 1.08. The van der Waals surface area contributed by atoms with Gasteiger partial charge < -0.3 is 9.51 Å². The van der Waals surface area contributed by atoms with Crippen LogP contribution < -0.4 is 5.32 Å². The highest BCUT2D eigenvalue weighted by Gasteiger charge is 2.50. The van der Waals surface area contributed by atoms with Gasteiger partial charge in [0.1, 0.15) is 17.5 Å². The normalized spacial score (nSPS) is 19.2. The molecule has 38 heavy (non-hydrogen) atoms. The van der Waals surface area contributed by atoms with Gasteiger partial charge in [0, 0.05) is 42.2 Å². The Morgan fingerprint density at radius 2 is 1.89 bits per heavy atom. The van der Waals surface area contributed by atoms with Crippen LogP contribution in [0.25, 0.3) is 22.3 Å². The average molecular weight is 514 g/mol. The Bertz CT molecular complexity index is 1760. The van der Waals surface area contributed by atoms with E-state index < -0.39 is 11.6 Å². The zero-order valence-electron chi connectivity index (χ0n) is 20.3. The number of hydrogen-bond donors (Lipinski definition) is 3. The molecule has 0 radical (unpaired) electrons. The summed E-state index contributed by atoms with van der Waals surface area (Å²) in [7, 11) is 1.83. The van der Waals surface area contributed by atoms with Crippen molar-refractivity contribution in [3.05, 3.63) is 101 Å². The third-order valence-electron chi connectivity index (χ3n) is 6.98. The van der Waals surface area contributed by atoms with Gasteiger partial charge in [-0.05, 0) is 54.4 Å². The van der Waals surface area contributed by atoms with Crippen molar-refractivity contribution in [2.45, 2.75) is 24.9 Å². The molecule has 4 aromatic heterocycles. The van der Waals surface area contributed by atoms with Crippen LogP contribution in [0.3, 0.4) is 0 Å². The smallest absolute Gasteiger partial charge is 0.223 e. The number of halogens is 2. The van der Waals surface area contributed by atoms with E-state index in [1.807, 2.05) is 13.2 Å². The highest BCUT2D eigenvalue weighted by atomic mass is 19.1. The molecule has 2 aromatic carbocycles. The van der Waals surface area contributed by atoms with Crippen molar-refractivity contribution >= 4 is 10.9 Å². The van der Waals surface area contributed by atoms with Gasteiger partial charge in [0.2, 0.25) is 11.7 Å². The molecule has 0 bridgehead atoms. The minimum Gasteiger partial charge on any atom is -0.356 e. The SMILES string of the molecule is Cc1nc([C@]2(c3cnn(C)c3)N[C@H](c3nc(-c4ccc(F)cc4)n[nH]3)Cc3c2[nH]c2ccc(F)cc32)no1. The molecule has 0 saturated heterocycles. The number of H-pyrrole nitrogens is 2. The van der Waals surface area contributed by atoms with Gasteiger partial charge in [-0.15, -0.1) is 0 Å². The van der Waals surface area contributed by atoms with Crippen LogP contribution in [-0.2, 0) is 19.0 Å². The van der Waals surface area contributed by atoms with E-state index in [0.29, 0.717) is 35.3 Å². The molecule has 3 N–H and O–H groups in total. The first-order valence-electron chi connectivity index (χ1n) is 12.0. The summed E-state index contributed by atoms with van der Waals surface area (Å²) >= 11 is 0. The maximum Gasteiger partial charge on any atom is 0.223 e. The van der Waals surface area contributed by atoms with Gasteiger partial charge in [0.25, 0.3) is 0 Å².